The van der Waals surface area contributed by atoms with Gasteiger partial charge in [0.25, 0.3) is 0 Å². The molecule has 0 N–H and O–H groups in total. The van der Waals surface area contributed by atoms with E-state index in [0.29, 0.717) is 12.4 Å². The molecule has 4 aromatic rings. The fourth-order valence-electron chi connectivity index (χ4n) is 4.83. The van der Waals surface area contributed by atoms with Crippen molar-refractivity contribution >= 4 is 5.97 Å². The molecule has 5 atom stereocenters. The van der Waals surface area contributed by atoms with Crippen LogP contribution in [0.15, 0.2) is 121 Å². The highest BCUT2D eigenvalue weighted by Crippen LogP contribution is 2.32. The van der Waals surface area contributed by atoms with E-state index < -0.39 is 36.7 Å². The van der Waals surface area contributed by atoms with Crippen molar-refractivity contribution in [3.63, 3.8) is 0 Å². The monoisotopic (exact) mass is 568 g/mol. The molecule has 7 nitrogen and oxygen atoms in total. The lowest BCUT2D eigenvalue weighted by Gasteiger charge is -2.45. The molecule has 0 amide bonds. The maximum Gasteiger partial charge on any atom is 0.303 e. The molecule has 5 rings (SSSR count). The second-order valence-corrected chi connectivity index (χ2v) is 10.1. The second kappa shape index (κ2) is 15.3. The van der Waals surface area contributed by atoms with Crippen molar-refractivity contribution in [2.24, 2.45) is 0 Å². The lowest BCUT2D eigenvalue weighted by Crippen LogP contribution is -2.63. The molecule has 0 saturated carbocycles. The summed E-state index contributed by atoms with van der Waals surface area (Å²) in [6.07, 6.45) is -3.84. The molecule has 1 aliphatic rings. The minimum absolute atomic E-state index is 0.181. The van der Waals surface area contributed by atoms with Crippen LogP contribution >= 0.6 is 0 Å². The lowest BCUT2D eigenvalue weighted by molar-refractivity contribution is -0.314. The predicted molar refractivity (Wildman–Crippen MR) is 157 cm³/mol. The van der Waals surface area contributed by atoms with E-state index in [1.807, 2.05) is 121 Å². The summed E-state index contributed by atoms with van der Waals surface area (Å²) in [5, 5.41) is 0. The Labute approximate surface area is 246 Å². The Kier molecular flexibility index (Phi) is 10.7. The fourth-order valence-corrected chi connectivity index (χ4v) is 4.83. The van der Waals surface area contributed by atoms with Gasteiger partial charge in [-0.1, -0.05) is 109 Å². The zero-order chi connectivity index (χ0) is 29.0. The van der Waals surface area contributed by atoms with Crippen molar-refractivity contribution in [3.05, 3.63) is 138 Å². The van der Waals surface area contributed by atoms with E-state index in [0.717, 1.165) is 16.7 Å². The van der Waals surface area contributed by atoms with E-state index in [4.69, 9.17) is 28.4 Å². The molecule has 218 valence electrons. The SMILES string of the molecule is CC(=O)O[C@H]1[C@@H](Oc2ccccc2)[C@@H](COCc2ccccc2)O[C@H](OCc2ccccc2)[C@@H]1OCc1ccccc1. The normalized spacial score (nSPS) is 21.9. The Hall–Kier alpha value is -4.01. The van der Waals surface area contributed by atoms with Crippen LogP contribution < -0.4 is 4.74 Å². The summed E-state index contributed by atoms with van der Waals surface area (Å²) in [4.78, 5) is 12.5. The first-order valence-electron chi connectivity index (χ1n) is 14.1. The van der Waals surface area contributed by atoms with Crippen molar-refractivity contribution in [3.8, 4) is 5.75 Å². The van der Waals surface area contributed by atoms with Crippen molar-refractivity contribution < 1.29 is 33.2 Å². The molecule has 0 aromatic heterocycles. The maximum absolute atomic E-state index is 12.5. The number of carbonyl (C=O) groups excluding carboxylic acids is 1. The molecule has 1 fully saturated rings. The van der Waals surface area contributed by atoms with Gasteiger partial charge in [-0.05, 0) is 28.8 Å². The molecule has 1 heterocycles. The third kappa shape index (κ3) is 8.50. The van der Waals surface area contributed by atoms with Gasteiger partial charge in [0, 0.05) is 6.92 Å². The van der Waals surface area contributed by atoms with Crippen LogP contribution in [0.2, 0.25) is 0 Å². The molecule has 4 aromatic carbocycles. The Morgan fingerprint density at radius 1 is 0.619 bits per heavy atom. The van der Waals surface area contributed by atoms with Gasteiger partial charge in [0.2, 0.25) is 0 Å². The molecule has 1 aliphatic heterocycles. The van der Waals surface area contributed by atoms with Gasteiger partial charge in [-0.25, -0.2) is 0 Å². The number of hydrogen-bond acceptors (Lipinski definition) is 7. The molecule has 0 unspecified atom stereocenters. The van der Waals surface area contributed by atoms with Gasteiger partial charge in [-0.3, -0.25) is 4.79 Å². The molecule has 42 heavy (non-hydrogen) atoms. The van der Waals surface area contributed by atoms with Crippen molar-refractivity contribution in [1.29, 1.82) is 0 Å². The first-order valence-corrected chi connectivity index (χ1v) is 14.1. The molecule has 0 spiro atoms. The Bertz CT molecular complexity index is 1340. The van der Waals surface area contributed by atoms with Crippen LogP contribution in [0.4, 0.5) is 0 Å². The first kappa shape index (κ1) is 29.5. The minimum Gasteiger partial charge on any atom is -0.484 e. The van der Waals surface area contributed by atoms with Crippen LogP contribution in [0.5, 0.6) is 5.75 Å². The van der Waals surface area contributed by atoms with Gasteiger partial charge < -0.3 is 28.4 Å². The topological polar surface area (TPSA) is 72.5 Å². The summed E-state index contributed by atoms with van der Waals surface area (Å²) in [5.74, 6) is 0.157. The third-order valence-electron chi connectivity index (χ3n) is 6.84. The van der Waals surface area contributed by atoms with E-state index >= 15 is 0 Å². The number of esters is 1. The Morgan fingerprint density at radius 3 is 1.67 bits per heavy atom. The zero-order valence-electron chi connectivity index (χ0n) is 23.6. The summed E-state index contributed by atoms with van der Waals surface area (Å²) in [5.41, 5.74) is 2.98. The standard InChI is InChI=1S/C35H36O7/c1-26(36)40-33-32(41-30-20-12-5-13-21-30)31(25-37-22-27-14-6-2-7-15-27)42-35(39-24-29-18-10-4-11-19-29)34(33)38-23-28-16-8-3-9-17-28/h2-21,31-35H,22-25H2,1H3/t31-,32+,33+,34-,35+/m1/s1. The summed E-state index contributed by atoms with van der Waals surface area (Å²) in [6, 6.07) is 38.9. The number of benzene rings is 4. The minimum atomic E-state index is -0.862. The van der Waals surface area contributed by atoms with Crippen molar-refractivity contribution in [2.45, 2.75) is 57.5 Å². The van der Waals surface area contributed by atoms with Crippen LogP contribution in [0.3, 0.4) is 0 Å². The third-order valence-corrected chi connectivity index (χ3v) is 6.84. The maximum atomic E-state index is 12.5. The van der Waals surface area contributed by atoms with Gasteiger partial charge in [0.05, 0.1) is 26.4 Å². The van der Waals surface area contributed by atoms with E-state index in [1.54, 1.807) is 0 Å². The average molecular weight is 569 g/mol. The highest BCUT2D eigenvalue weighted by molar-refractivity contribution is 5.66. The molecular formula is C35H36O7. The fraction of sp³-hybridized carbons (Fsp3) is 0.286. The molecule has 1 saturated heterocycles. The summed E-state index contributed by atoms with van der Waals surface area (Å²) >= 11 is 0. The molecule has 7 heteroatoms. The van der Waals surface area contributed by atoms with Crippen LogP contribution in [-0.2, 0) is 48.3 Å². The van der Waals surface area contributed by atoms with Gasteiger partial charge in [0.1, 0.15) is 18.0 Å². The number of para-hydroxylation sites is 1. The van der Waals surface area contributed by atoms with Crippen LogP contribution in [0.1, 0.15) is 23.6 Å². The van der Waals surface area contributed by atoms with Crippen LogP contribution in [-0.4, -0.2) is 43.3 Å². The highest BCUT2D eigenvalue weighted by atomic mass is 16.7. The quantitative estimate of drug-likeness (QED) is 0.180. The van der Waals surface area contributed by atoms with E-state index in [2.05, 4.69) is 0 Å². The van der Waals surface area contributed by atoms with Crippen LogP contribution in [0.25, 0.3) is 0 Å². The molecule has 0 aliphatic carbocycles. The summed E-state index contributed by atoms with van der Waals surface area (Å²) in [7, 11) is 0. The molecular weight excluding hydrogens is 532 g/mol. The number of carbonyl (C=O) groups is 1. The van der Waals surface area contributed by atoms with E-state index in [-0.39, 0.29) is 19.8 Å². The van der Waals surface area contributed by atoms with Gasteiger partial charge in [0.15, 0.2) is 18.5 Å². The largest absolute Gasteiger partial charge is 0.484 e. The molecule has 0 radical (unpaired) electrons. The zero-order valence-corrected chi connectivity index (χ0v) is 23.6. The molecule has 0 bridgehead atoms. The van der Waals surface area contributed by atoms with Crippen molar-refractivity contribution in [2.75, 3.05) is 6.61 Å². The lowest BCUT2D eigenvalue weighted by atomic mass is 9.98. The number of hydrogen-bond donors (Lipinski definition) is 0. The summed E-state index contributed by atoms with van der Waals surface area (Å²) < 4.78 is 37.8. The van der Waals surface area contributed by atoms with Gasteiger partial charge in [-0.15, -0.1) is 0 Å². The van der Waals surface area contributed by atoms with Crippen LogP contribution in [0, 0.1) is 0 Å². The Balaban J connectivity index is 1.43. The highest BCUT2D eigenvalue weighted by Gasteiger charge is 2.51. The number of ether oxygens (including phenoxy) is 6. The van der Waals surface area contributed by atoms with Gasteiger partial charge in [-0.2, -0.15) is 0 Å². The smallest absolute Gasteiger partial charge is 0.303 e. The first-order chi connectivity index (χ1) is 20.7. The van der Waals surface area contributed by atoms with E-state index in [1.165, 1.54) is 6.92 Å². The van der Waals surface area contributed by atoms with Gasteiger partial charge >= 0.3 is 5.97 Å². The summed E-state index contributed by atoms with van der Waals surface area (Å²) in [6.45, 7) is 2.50. The second-order valence-electron chi connectivity index (χ2n) is 10.1. The number of rotatable bonds is 13. The van der Waals surface area contributed by atoms with E-state index in [9.17, 15) is 4.79 Å². The van der Waals surface area contributed by atoms with Crippen molar-refractivity contribution in [1.82, 2.24) is 0 Å². The average Bonchev–Trinajstić information content (AvgIpc) is 3.03. The predicted octanol–water partition coefficient (Wildman–Crippen LogP) is 6.11. The Morgan fingerprint density at radius 2 is 1.12 bits per heavy atom.